The van der Waals surface area contributed by atoms with Crippen LogP contribution in [0.5, 0.6) is 0 Å². The van der Waals surface area contributed by atoms with Crippen LogP contribution in [0.4, 0.5) is 5.69 Å². The molecule has 1 aliphatic heterocycles. The van der Waals surface area contributed by atoms with Gasteiger partial charge in [-0.05, 0) is 18.2 Å². The lowest BCUT2D eigenvalue weighted by Crippen LogP contribution is -2.34. The molecule has 1 N–H and O–H groups in total. The third-order valence-corrected chi connectivity index (χ3v) is 2.76. The fraction of sp³-hybridized carbons (Fsp3) is 0.300. The van der Waals surface area contributed by atoms with E-state index in [4.69, 9.17) is 0 Å². The van der Waals surface area contributed by atoms with Crippen molar-refractivity contribution in [2.24, 2.45) is 5.92 Å². The van der Waals surface area contributed by atoms with Gasteiger partial charge in [-0.15, -0.1) is 0 Å². The summed E-state index contributed by atoms with van der Waals surface area (Å²) in [5.41, 5.74) is 3.95. The van der Waals surface area contributed by atoms with E-state index in [0.717, 1.165) is 10.2 Å². The second-order valence-electron chi connectivity index (χ2n) is 3.42. The number of anilines is 1. The maximum absolute atomic E-state index is 11.7. The first-order valence-corrected chi connectivity index (χ1v) is 5.31. The van der Waals surface area contributed by atoms with E-state index in [1.807, 2.05) is 31.2 Å². The number of hydrogen-bond donors (Lipinski definition) is 1. The standard InChI is InChI=1S/C10H11BrN2O/c1-7-6-12-13(10(7)14)9-4-2-3-8(11)5-9/h2-5,7,12H,6H2,1H3. The van der Waals surface area contributed by atoms with E-state index in [-0.39, 0.29) is 11.8 Å². The summed E-state index contributed by atoms with van der Waals surface area (Å²) < 4.78 is 0.976. The van der Waals surface area contributed by atoms with Gasteiger partial charge in [-0.1, -0.05) is 28.9 Å². The lowest BCUT2D eigenvalue weighted by molar-refractivity contribution is -0.119. The van der Waals surface area contributed by atoms with Crippen LogP contribution < -0.4 is 10.4 Å². The summed E-state index contributed by atoms with van der Waals surface area (Å²) in [4.78, 5) is 11.7. The first-order chi connectivity index (χ1) is 6.68. The monoisotopic (exact) mass is 254 g/mol. The Morgan fingerprint density at radius 2 is 2.36 bits per heavy atom. The summed E-state index contributed by atoms with van der Waals surface area (Å²) in [5.74, 6) is 0.192. The Bertz CT molecular complexity index is 367. The minimum atomic E-state index is 0.0639. The van der Waals surface area contributed by atoms with Crippen LogP contribution in [-0.2, 0) is 4.79 Å². The van der Waals surface area contributed by atoms with Crippen LogP contribution in [0.25, 0.3) is 0 Å². The smallest absolute Gasteiger partial charge is 0.245 e. The van der Waals surface area contributed by atoms with Crippen LogP contribution in [0.2, 0.25) is 0 Å². The minimum absolute atomic E-state index is 0.0639. The number of hydrogen-bond acceptors (Lipinski definition) is 2. The van der Waals surface area contributed by atoms with Gasteiger partial charge in [-0.25, -0.2) is 10.4 Å². The third kappa shape index (κ3) is 1.67. The molecule has 14 heavy (non-hydrogen) atoms. The van der Waals surface area contributed by atoms with Gasteiger partial charge >= 0.3 is 0 Å². The number of hydrazine groups is 1. The molecule has 1 aromatic rings. The molecule has 4 heteroatoms. The Morgan fingerprint density at radius 1 is 1.57 bits per heavy atom. The van der Waals surface area contributed by atoms with Crippen molar-refractivity contribution in [1.82, 2.24) is 5.43 Å². The number of nitrogens with one attached hydrogen (secondary N) is 1. The summed E-state index contributed by atoms with van der Waals surface area (Å²) in [5, 5.41) is 1.61. The van der Waals surface area contributed by atoms with Gasteiger partial charge in [0, 0.05) is 11.0 Å². The van der Waals surface area contributed by atoms with E-state index in [1.165, 1.54) is 0 Å². The molecule has 1 amide bonds. The third-order valence-electron chi connectivity index (χ3n) is 2.26. The zero-order chi connectivity index (χ0) is 10.1. The van der Waals surface area contributed by atoms with Crippen molar-refractivity contribution in [3.8, 4) is 0 Å². The quantitative estimate of drug-likeness (QED) is 0.831. The number of nitrogens with zero attached hydrogens (tertiary/aromatic N) is 1. The van der Waals surface area contributed by atoms with Gasteiger partial charge in [-0.2, -0.15) is 0 Å². The van der Waals surface area contributed by atoms with Gasteiger partial charge in [0.2, 0.25) is 5.91 Å². The van der Waals surface area contributed by atoms with E-state index in [9.17, 15) is 4.79 Å². The molecular formula is C10H11BrN2O. The fourth-order valence-corrected chi connectivity index (χ4v) is 1.83. The Balaban J connectivity index is 2.28. The predicted molar refractivity (Wildman–Crippen MR) is 58.8 cm³/mol. The van der Waals surface area contributed by atoms with Crippen molar-refractivity contribution in [2.45, 2.75) is 6.92 Å². The average molecular weight is 255 g/mol. The summed E-state index contributed by atoms with van der Waals surface area (Å²) in [6.07, 6.45) is 0. The highest BCUT2D eigenvalue weighted by atomic mass is 79.9. The van der Waals surface area contributed by atoms with Crippen molar-refractivity contribution in [2.75, 3.05) is 11.6 Å². The second-order valence-corrected chi connectivity index (χ2v) is 4.33. The summed E-state index contributed by atoms with van der Waals surface area (Å²) >= 11 is 3.38. The van der Waals surface area contributed by atoms with E-state index in [0.29, 0.717) is 6.54 Å². The zero-order valence-corrected chi connectivity index (χ0v) is 9.41. The molecule has 3 nitrogen and oxygen atoms in total. The van der Waals surface area contributed by atoms with Crippen LogP contribution >= 0.6 is 15.9 Å². The van der Waals surface area contributed by atoms with Gasteiger partial charge in [0.05, 0.1) is 11.6 Å². The molecule has 1 aliphatic rings. The minimum Gasteiger partial charge on any atom is -0.273 e. The largest absolute Gasteiger partial charge is 0.273 e. The highest BCUT2D eigenvalue weighted by Crippen LogP contribution is 2.22. The Hall–Kier alpha value is -0.870. The molecule has 1 aromatic carbocycles. The summed E-state index contributed by atoms with van der Waals surface area (Å²) in [7, 11) is 0. The Labute approximate surface area is 91.2 Å². The molecule has 0 spiro atoms. The molecule has 1 unspecified atom stereocenters. The van der Waals surface area contributed by atoms with Crippen molar-refractivity contribution in [1.29, 1.82) is 0 Å². The fourth-order valence-electron chi connectivity index (χ4n) is 1.45. The maximum atomic E-state index is 11.7. The number of carbonyl (C=O) groups is 1. The van der Waals surface area contributed by atoms with Gasteiger partial charge in [0.25, 0.3) is 0 Å². The highest BCUT2D eigenvalue weighted by Gasteiger charge is 2.28. The molecular weight excluding hydrogens is 244 g/mol. The molecule has 1 fully saturated rings. The van der Waals surface area contributed by atoms with Gasteiger partial charge in [0.15, 0.2) is 0 Å². The van der Waals surface area contributed by atoms with Crippen molar-refractivity contribution < 1.29 is 4.79 Å². The first-order valence-electron chi connectivity index (χ1n) is 4.51. The van der Waals surface area contributed by atoms with Crippen LogP contribution in [0.3, 0.4) is 0 Å². The molecule has 1 saturated heterocycles. The maximum Gasteiger partial charge on any atom is 0.245 e. The van der Waals surface area contributed by atoms with E-state index in [1.54, 1.807) is 5.01 Å². The number of halogens is 1. The molecule has 0 radical (unpaired) electrons. The van der Waals surface area contributed by atoms with Crippen LogP contribution in [0.15, 0.2) is 28.7 Å². The van der Waals surface area contributed by atoms with Crippen molar-refractivity contribution >= 4 is 27.5 Å². The topological polar surface area (TPSA) is 32.3 Å². The lowest BCUT2D eigenvalue weighted by Gasteiger charge is -2.15. The summed E-state index contributed by atoms with van der Waals surface area (Å²) in [6.45, 7) is 2.64. The molecule has 2 rings (SSSR count). The molecule has 1 heterocycles. The SMILES string of the molecule is CC1CNN(c2cccc(Br)c2)C1=O. The molecule has 0 aromatic heterocycles. The Kier molecular flexibility index (Phi) is 2.56. The number of carbonyl (C=O) groups excluding carboxylic acids is 1. The molecule has 0 bridgehead atoms. The Morgan fingerprint density at radius 3 is 2.93 bits per heavy atom. The van der Waals surface area contributed by atoms with Crippen LogP contribution in [0.1, 0.15) is 6.92 Å². The molecule has 1 atom stereocenters. The highest BCUT2D eigenvalue weighted by molar-refractivity contribution is 9.10. The number of amides is 1. The van der Waals surface area contributed by atoms with E-state index in [2.05, 4.69) is 21.4 Å². The van der Waals surface area contributed by atoms with Crippen molar-refractivity contribution in [3.63, 3.8) is 0 Å². The van der Waals surface area contributed by atoms with Gasteiger partial charge < -0.3 is 0 Å². The van der Waals surface area contributed by atoms with Gasteiger partial charge in [0.1, 0.15) is 0 Å². The normalized spacial score (nSPS) is 21.7. The van der Waals surface area contributed by atoms with E-state index >= 15 is 0 Å². The van der Waals surface area contributed by atoms with Crippen LogP contribution in [-0.4, -0.2) is 12.5 Å². The first kappa shape index (κ1) is 9.68. The second kappa shape index (κ2) is 3.71. The molecule has 74 valence electrons. The number of rotatable bonds is 1. The average Bonchev–Trinajstić information content (AvgIpc) is 2.48. The lowest BCUT2D eigenvalue weighted by atomic mass is 10.2. The summed E-state index contributed by atoms with van der Waals surface area (Å²) in [6, 6.07) is 7.68. The zero-order valence-electron chi connectivity index (χ0n) is 7.83. The number of benzene rings is 1. The van der Waals surface area contributed by atoms with Crippen LogP contribution in [0, 0.1) is 5.92 Å². The van der Waals surface area contributed by atoms with Gasteiger partial charge in [-0.3, -0.25) is 4.79 Å². The van der Waals surface area contributed by atoms with E-state index < -0.39 is 0 Å². The van der Waals surface area contributed by atoms with Crippen molar-refractivity contribution in [3.05, 3.63) is 28.7 Å². The molecule has 0 saturated carbocycles. The predicted octanol–water partition coefficient (Wildman–Crippen LogP) is 1.94. The molecule has 0 aliphatic carbocycles.